The monoisotopic (exact) mass is 297 g/mol. The van der Waals surface area contributed by atoms with E-state index in [-0.39, 0.29) is 5.91 Å². The Morgan fingerprint density at radius 1 is 1.27 bits per heavy atom. The number of carbonyl (C=O) groups excluding carboxylic acids is 1. The van der Waals surface area contributed by atoms with Gasteiger partial charge in [0.2, 0.25) is 5.95 Å². The highest BCUT2D eigenvalue weighted by atomic mass is 16.5. The average molecular weight is 297 g/mol. The fraction of sp³-hybridized carbons (Fsp3) is 0.133. The molecule has 1 aromatic carbocycles. The molecule has 0 aliphatic carbocycles. The second-order valence-electron chi connectivity index (χ2n) is 4.67. The van der Waals surface area contributed by atoms with Gasteiger partial charge in [-0.25, -0.2) is 9.97 Å². The van der Waals surface area contributed by atoms with Gasteiger partial charge in [0.25, 0.3) is 5.91 Å². The topological polar surface area (TPSA) is 84.8 Å². The summed E-state index contributed by atoms with van der Waals surface area (Å²) in [6.07, 6.45) is 4.63. The Labute approximate surface area is 127 Å². The number of ether oxygens (including phenoxy) is 1. The Bertz CT molecular complexity index is 775. The Kier molecular flexibility index (Phi) is 3.61. The molecule has 1 amide bonds. The van der Waals surface area contributed by atoms with Gasteiger partial charge in [-0.05, 0) is 24.3 Å². The van der Waals surface area contributed by atoms with E-state index >= 15 is 0 Å². The highest BCUT2D eigenvalue weighted by molar-refractivity contribution is 6.01. The van der Waals surface area contributed by atoms with E-state index in [2.05, 4.69) is 20.3 Å². The zero-order valence-electron chi connectivity index (χ0n) is 12.2. The fourth-order valence-electron chi connectivity index (χ4n) is 2.10. The first kappa shape index (κ1) is 13.9. The van der Waals surface area contributed by atoms with Crippen LogP contribution in [0.3, 0.4) is 0 Å². The van der Waals surface area contributed by atoms with Crippen molar-refractivity contribution in [2.24, 2.45) is 7.05 Å². The fourth-order valence-corrected chi connectivity index (χ4v) is 2.10. The number of H-pyrrole nitrogens is 1. The minimum Gasteiger partial charge on any atom is -0.497 e. The molecule has 112 valence electrons. The van der Waals surface area contributed by atoms with Crippen molar-refractivity contribution in [3.05, 3.63) is 48.7 Å². The van der Waals surface area contributed by atoms with Gasteiger partial charge in [-0.3, -0.25) is 10.1 Å². The molecular formula is C15H15N5O2. The Morgan fingerprint density at radius 3 is 2.68 bits per heavy atom. The number of benzene rings is 1. The lowest BCUT2D eigenvalue weighted by molar-refractivity contribution is 0.102. The summed E-state index contributed by atoms with van der Waals surface area (Å²) in [5.41, 5.74) is 2.26. The summed E-state index contributed by atoms with van der Waals surface area (Å²) in [5, 5.41) is 2.74. The average Bonchev–Trinajstić information content (AvgIpc) is 3.19. The SMILES string of the molecule is COc1ccc(-c2cnc(NC(=O)c3cnc[nH]3)n2C)cc1. The maximum absolute atomic E-state index is 12.0. The number of amides is 1. The first-order valence-electron chi connectivity index (χ1n) is 6.65. The lowest BCUT2D eigenvalue weighted by Gasteiger charge is -2.07. The van der Waals surface area contributed by atoms with Crippen molar-refractivity contribution in [3.8, 4) is 17.0 Å². The Hall–Kier alpha value is -3.09. The minimum absolute atomic E-state index is 0.285. The standard InChI is InChI=1S/C15H15N5O2/c1-20-13(10-3-5-11(22-2)6-4-10)8-17-15(20)19-14(21)12-7-16-9-18-12/h3-9H,1-2H3,(H,16,18)(H,17,19,21). The third-order valence-corrected chi connectivity index (χ3v) is 3.34. The zero-order valence-corrected chi connectivity index (χ0v) is 12.2. The third-order valence-electron chi connectivity index (χ3n) is 3.34. The number of methoxy groups -OCH3 is 1. The summed E-state index contributed by atoms with van der Waals surface area (Å²) in [7, 11) is 3.47. The van der Waals surface area contributed by atoms with Crippen LogP contribution in [0.15, 0.2) is 43.0 Å². The van der Waals surface area contributed by atoms with Gasteiger partial charge in [0, 0.05) is 12.6 Å². The lowest BCUT2D eigenvalue weighted by Crippen LogP contribution is -2.15. The molecule has 0 saturated carbocycles. The second-order valence-corrected chi connectivity index (χ2v) is 4.67. The predicted octanol–water partition coefficient (Wildman–Crippen LogP) is 2.07. The number of nitrogens with one attached hydrogen (secondary N) is 2. The quantitative estimate of drug-likeness (QED) is 0.772. The van der Waals surface area contributed by atoms with Crippen LogP contribution in [-0.4, -0.2) is 32.5 Å². The molecular weight excluding hydrogens is 282 g/mol. The summed E-state index contributed by atoms with van der Waals surface area (Å²) in [5.74, 6) is 0.969. The summed E-state index contributed by atoms with van der Waals surface area (Å²) >= 11 is 0. The van der Waals surface area contributed by atoms with Gasteiger partial charge in [-0.1, -0.05) is 0 Å². The van der Waals surface area contributed by atoms with Gasteiger partial charge in [0.05, 0.1) is 31.5 Å². The van der Waals surface area contributed by atoms with Gasteiger partial charge in [-0.2, -0.15) is 0 Å². The van der Waals surface area contributed by atoms with Crippen molar-refractivity contribution in [2.45, 2.75) is 0 Å². The number of aromatic nitrogens is 4. The second kappa shape index (κ2) is 5.72. The van der Waals surface area contributed by atoms with E-state index in [0.29, 0.717) is 11.6 Å². The van der Waals surface area contributed by atoms with E-state index < -0.39 is 0 Å². The number of rotatable bonds is 4. The molecule has 0 aliphatic heterocycles. The maximum atomic E-state index is 12.0. The Balaban J connectivity index is 1.83. The van der Waals surface area contributed by atoms with Crippen LogP contribution in [0, 0.1) is 0 Å². The van der Waals surface area contributed by atoms with Crippen LogP contribution in [0.25, 0.3) is 11.3 Å². The normalized spacial score (nSPS) is 10.5. The van der Waals surface area contributed by atoms with E-state index in [1.165, 1.54) is 12.5 Å². The van der Waals surface area contributed by atoms with E-state index in [0.717, 1.165) is 17.0 Å². The van der Waals surface area contributed by atoms with Crippen molar-refractivity contribution in [1.29, 1.82) is 0 Å². The van der Waals surface area contributed by atoms with Crippen LogP contribution in [0.4, 0.5) is 5.95 Å². The molecule has 0 atom stereocenters. The number of aromatic amines is 1. The molecule has 0 aliphatic rings. The van der Waals surface area contributed by atoms with Crippen LogP contribution in [-0.2, 0) is 7.05 Å². The molecule has 2 N–H and O–H groups in total. The number of anilines is 1. The number of imidazole rings is 2. The summed E-state index contributed by atoms with van der Waals surface area (Å²) in [6, 6.07) is 7.64. The van der Waals surface area contributed by atoms with Crippen LogP contribution < -0.4 is 10.1 Å². The van der Waals surface area contributed by atoms with Gasteiger partial charge < -0.3 is 14.3 Å². The minimum atomic E-state index is -0.285. The molecule has 22 heavy (non-hydrogen) atoms. The van der Waals surface area contributed by atoms with Crippen molar-refractivity contribution in [2.75, 3.05) is 12.4 Å². The molecule has 0 bridgehead atoms. The van der Waals surface area contributed by atoms with Gasteiger partial charge in [0.1, 0.15) is 11.4 Å². The smallest absolute Gasteiger partial charge is 0.276 e. The van der Waals surface area contributed by atoms with Crippen LogP contribution in [0.1, 0.15) is 10.5 Å². The number of hydrogen-bond donors (Lipinski definition) is 2. The molecule has 2 heterocycles. The summed E-state index contributed by atoms with van der Waals surface area (Å²) in [6.45, 7) is 0. The molecule has 0 unspecified atom stereocenters. The van der Waals surface area contributed by atoms with E-state index in [1.807, 2.05) is 35.9 Å². The van der Waals surface area contributed by atoms with Gasteiger partial charge in [0.15, 0.2) is 0 Å². The van der Waals surface area contributed by atoms with Crippen LogP contribution >= 0.6 is 0 Å². The molecule has 2 aromatic heterocycles. The van der Waals surface area contributed by atoms with Crippen LogP contribution in [0.5, 0.6) is 5.75 Å². The summed E-state index contributed by atoms with van der Waals surface area (Å²) in [4.78, 5) is 22.8. The Morgan fingerprint density at radius 2 is 2.05 bits per heavy atom. The molecule has 7 nitrogen and oxygen atoms in total. The maximum Gasteiger partial charge on any atom is 0.276 e. The molecule has 7 heteroatoms. The van der Waals surface area contributed by atoms with Crippen molar-refractivity contribution >= 4 is 11.9 Å². The number of carbonyl (C=O) groups is 1. The number of hydrogen-bond acceptors (Lipinski definition) is 4. The molecule has 0 saturated heterocycles. The third kappa shape index (κ3) is 2.56. The van der Waals surface area contributed by atoms with E-state index in [4.69, 9.17) is 4.74 Å². The first-order valence-corrected chi connectivity index (χ1v) is 6.65. The molecule has 3 aromatic rings. The van der Waals surface area contributed by atoms with Gasteiger partial charge >= 0.3 is 0 Å². The van der Waals surface area contributed by atoms with Crippen molar-refractivity contribution in [1.82, 2.24) is 19.5 Å². The van der Waals surface area contributed by atoms with Gasteiger partial charge in [-0.15, -0.1) is 0 Å². The molecule has 0 spiro atoms. The van der Waals surface area contributed by atoms with Crippen molar-refractivity contribution < 1.29 is 9.53 Å². The molecule has 0 radical (unpaired) electrons. The van der Waals surface area contributed by atoms with E-state index in [9.17, 15) is 4.79 Å². The molecule has 3 rings (SSSR count). The number of nitrogens with zero attached hydrogens (tertiary/aromatic N) is 3. The van der Waals surface area contributed by atoms with Crippen molar-refractivity contribution in [3.63, 3.8) is 0 Å². The van der Waals surface area contributed by atoms with E-state index in [1.54, 1.807) is 13.3 Å². The predicted molar refractivity (Wildman–Crippen MR) is 81.7 cm³/mol. The first-order chi connectivity index (χ1) is 10.7. The zero-order chi connectivity index (χ0) is 15.5. The largest absolute Gasteiger partial charge is 0.497 e. The summed E-state index contributed by atoms with van der Waals surface area (Å²) < 4.78 is 6.96. The molecule has 0 fully saturated rings. The highest BCUT2D eigenvalue weighted by Crippen LogP contribution is 2.24. The van der Waals surface area contributed by atoms with Crippen LogP contribution in [0.2, 0.25) is 0 Å². The lowest BCUT2D eigenvalue weighted by atomic mass is 10.1. The highest BCUT2D eigenvalue weighted by Gasteiger charge is 2.13.